The number of hydrogen-bond donors (Lipinski definition) is 1. The molecule has 28 heavy (non-hydrogen) atoms. The third-order valence-corrected chi connectivity index (χ3v) is 5.86. The second-order valence-corrected chi connectivity index (χ2v) is 7.72. The van der Waals surface area contributed by atoms with Crippen LogP contribution in [-0.2, 0) is 0 Å². The van der Waals surface area contributed by atoms with E-state index in [-0.39, 0.29) is 24.0 Å². The lowest BCUT2D eigenvalue weighted by molar-refractivity contribution is 0.158. The fourth-order valence-electron chi connectivity index (χ4n) is 4.15. The fourth-order valence-corrected chi connectivity index (χ4v) is 4.15. The monoisotopic (exact) mass is 500 g/mol. The van der Waals surface area contributed by atoms with Gasteiger partial charge in [-0.15, -0.1) is 24.0 Å². The molecule has 7 heteroatoms. The first-order valence-corrected chi connectivity index (χ1v) is 10.6. The summed E-state index contributed by atoms with van der Waals surface area (Å²) in [5.41, 5.74) is 0. The Bertz CT molecular complexity index is 574. The summed E-state index contributed by atoms with van der Waals surface area (Å²) < 4.78 is 0. The lowest BCUT2D eigenvalue weighted by Crippen LogP contribution is -2.52. The second-order valence-electron chi connectivity index (χ2n) is 7.72. The molecule has 0 aromatic carbocycles. The van der Waals surface area contributed by atoms with Crippen LogP contribution in [0.2, 0.25) is 0 Å². The molecule has 1 unspecified atom stereocenters. The second kappa shape index (κ2) is 12.5. The zero-order valence-corrected chi connectivity index (χ0v) is 19.8. The van der Waals surface area contributed by atoms with Gasteiger partial charge in [0.15, 0.2) is 5.96 Å². The highest BCUT2D eigenvalue weighted by Gasteiger charge is 2.20. The summed E-state index contributed by atoms with van der Waals surface area (Å²) >= 11 is 0. The van der Waals surface area contributed by atoms with Gasteiger partial charge in [0.2, 0.25) is 0 Å². The topological polar surface area (TPSA) is 47.0 Å². The maximum atomic E-state index is 4.50. The Labute approximate surface area is 187 Å². The van der Waals surface area contributed by atoms with Crippen LogP contribution in [-0.4, -0.2) is 79.6 Å². The van der Waals surface area contributed by atoms with Gasteiger partial charge in [-0.25, -0.2) is 4.98 Å². The molecule has 0 aliphatic carbocycles. The Morgan fingerprint density at radius 3 is 2.64 bits per heavy atom. The molecule has 3 rings (SSSR count). The highest BCUT2D eigenvalue weighted by molar-refractivity contribution is 14.0. The maximum Gasteiger partial charge on any atom is 0.193 e. The van der Waals surface area contributed by atoms with Crippen LogP contribution in [0.4, 0.5) is 5.82 Å². The molecular formula is C21H37IN6. The van der Waals surface area contributed by atoms with Gasteiger partial charge >= 0.3 is 0 Å². The van der Waals surface area contributed by atoms with Gasteiger partial charge in [-0.3, -0.25) is 4.99 Å². The number of piperidine rings is 1. The molecule has 6 nitrogen and oxygen atoms in total. The normalized spacial score (nSPS) is 21.4. The number of halogens is 1. The third-order valence-electron chi connectivity index (χ3n) is 5.86. The van der Waals surface area contributed by atoms with Crippen molar-refractivity contribution in [3.8, 4) is 0 Å². The van der Waals surface area contributed by atoms with E-state index in [4.69, 9.17) is 0 Å². The number of anilines is 1. The Hall–Kier alpha value is -1.09. The van der Waals surface area contributed by atoms with Crippen LogP contribution in [0, 0.1) is 0 Å². The van der Waals surface area contributed by atoms with Crippen LogP contribution in [0.25, 0.3) is 0 Å². The molecule has 0 spiro atoms. The van der Waals surface area contributed by atoms with Crippen LogP contribution in [0.3, 0.4) is 0 Å². The van der Waals surface area contributed by atoms with E-state index in [0.717, 1.165) is 50.5 Å². The predicted molar refractivity (Wildman–Crippen MR) is 129 cm³/mol. The minimum Gasteiger partial charge on any atom is -0.356 e. The number of aromatic nitrogens is 1. The predicted octanol–water partition coefficient (Wildman–Crippen LogP) is 3.05. The number of pyridine rings is 1. The lowest BCUT2D eigenvalue weighted by Gasteiger charge is -2.37. The molecule has 2 aliphatic rings. The molecule has 2 saturated heterocycles. The van der Waals surface area contributed by atoms with E-state index in [9.17, 15) is 0 Å². The maximum absolute atomic E-state index is 4.50. The summed E-state index contributed by atoms with van der Waals surface area (Å²) in [7, 11) is 1.89. The molecule has 3 heterocycles. The smallest absolute Gasteiger partial charge is 0.193 e. The van der Waals surface area contributed by atoms with Gasteiger partial charge in [0.05, 0.1) is 0 Å². The van der Waals surface area contributed by atoms with Crippen LogP contribution < -0.4 is 10.2 Å². The van der Waals surface area contributed by atoms with E-state index in [1.54, 1.807) is 0 Å². The number of likely N-dealkylation sites (tertiary alicyclic amines) is 1. The Morgan fingerprint density at radius 1 is 1.14 bits per heavy atom. The molecular weight excluding hydrogens is 463 g/mol. The number of guanidine groups is 1. The third kappa shape index (κ3) is 6.76. The first kappa shape index (κ1) is 23.2. The van der Waals surface area contributed by atoms with Crippen molar-refractivity contribution in [2.24, 2.45) is 4.99 Å². The highest BCUT2D eigenvalue weighted by atomic mass is 127. The van der Waals surface area contributed by atoms with Crippen LogP contribution in [0.1, 0.15) is 39.0 Å². The molecule has 2 aliphatic heterocycles. The van der Waals surface area contributed by atoms with Gasteiger partial charge in [-0.2, -0.15) is 0 Å². The Morgan fingerprint density at radius 2 is 1.96 bits per heavy atom. The van der Waals surface area contributed by atoms with Crippen LogP contribution >= 0.6 is 24.0 Å². The van der Waals surface area contributed by atoms with Crippen molar-refractivity contribution < 1.29 is 0 Å². The number of unbranched alkanes of at least 4 members (excludes halogenated alkanes) is 1. The zero-order chi connectivity index (χ0) is 18.9. The first-order chi connectivity index (χ1) is 13.3. The Kier molecular flexibility index (Phi) is 10.3. The Balaban J connectivity index is 0.00000280. The van der Waals surface area contributed by atoms with Crippen molar-refractivity contribution in [3.63, 3.8) is 0 Å². The standard InChI is InChI=1S/C21H36N6.HI/c1-19-9-4-7-13-25(19)14-8-6-12-24-21(22-2)27-17-15-26(16-18-27)20-10-3-5-11-23-20;/h3,5,10-11,19H,4,6-9,12-18H2,1-2H3,(H,22,24);1H. The van der Waals surface area contributed by atoms with Crippen molar-refractivity contribution >= 4 is 35.8 Å². The quantitative estimate of drug-likeness (QED) is 0.282. The van der Waals surface area contributed by atoms with Gasteiger partial charge in [-0.05, 0) is 57.8 Å². The van der Waals surface area contributed by atoms with Crippen molar-refractivity contribution in [1.82, 2.24) is 20.1 Å². The molecule has 2 fully saturated rings. The number of nitrogens with zero attached hydrogens (tertiary/aromatic N) is 5. The van der Waals surface area contributed by atoms with E-state index in [0.29, 0.717) is 0 Å². The summed E-state index contributed by atoms with van der Waals surface area (Å²) in [4.78, 5) is 16.3. The zero-order valence-electron chi connectivity index (χ0n) is 17.5. The van der Waals surface area contributed by atoms with Gasteiger partial charge < -0.3 is 20.0 Å². The summed E-state index contributed by atoms with van der Waals surface area (Å²) in [5, 5.41) is 3.57. The lowest BCUT2D eigenvalue weighted by atomic mass is 10.0. The van der Waals surface area contributed by atoms with E-state index in [1.807, 2.05) is 19.3 Å². The molecule has 0 amide bonds. The largest absolute Gasteiger partial charge is 0.356 e. The van der Waals surface area contributed by atoms with Gasteiger partial charge in [0.1, 0.15) is 5.82 Å². The van der Waals surface area contributed by atoms with Crippen molar-refractivity contribution in [2.75, 3.05) is 57.8 Å². The van der Waals surface area contributed by atoms with Crippen LogP contribution in [0.15, 0.2) is 29.4 Å². The van der Waals surface area contributed by atoms with E-state index < -0.39 is 0 Å². The summed E-state index contributed by atoms with van der Waals surface area (Å²) in [6.45, 7) is 9.87. The molecule has 158 valence electrons. The number of piperazine rings is 1. The number of aliphatic imine (C=N–C) groups is 1. The van der Waals surface area contributed by atoms with Gasteiger partial charge in [0, 0.05) is 52.0 Å². The molecule has 0 bridgehead atoms. The average molecular weight is 500 g/mol. The molecule has 1 aromatic heterocycles. The van der Waals surface area contributed by atoms with Gasteiger partial charge in [0.25, 0.3) is 0 Å². The number of hydrogen-bond acceptors (Lipinski definition) is 4. The fraction of sp³-hybridized carbons (Fsp3) is 0.714. The van der Waals surface area contributed by atoms with Crippen molar-refractivity contribution in [2.45, 2.75) is 45.1 Å². The summed E-state index contributed by atoms with van der Waals surface area (Å²) in [5.74, 6) is 2.12. The number of nitrogens with one attached hydrogen (secondary N) is 1. The minimum absolute atomic E-state index is 0. The van der Waals surface area contributed by atoms with Crippen molar-refractivity contribution in [1.29, 1.82) is 0 Å². The average Bonchev–Trinajstić information content (AvgIpc) is 2.73. The van der Waals surface area contributed by atoms with E-state index in [2.05, 4.69) is 49.0 Å². The molecule has 1 aromatic rings. The van der Waals surface area contributed by atoms with Crippen molar-refractivity contribution in [3.05, 3.63) is 24.4 Å². The molecule has 1 atom stereocenters. The summed E-state index contributed by atoms with van der Waals surface area (Å²) in [6, 6.07) is 6.89. The number of rotatable bonds is 6. The SMILES string of the molecule is CN=C(NCCCCN1CCCCC1C)N1CCN(c2ccccn2)CC1.I. The van der Waals surface area contributed by atoms with E-state index >= 15 is 0 Å². The molecule has 0 saturated carbocycles. The van der Waals surface area contributed by atoms with Crippen LogP contribution in [0.5, 0.6) is 0 Å². The molecule has 0 radical (unpaired) electrons. The highest BCUT2D eigenvalue weighted by Crippen LogP contribution is 2.16. The molecule has 1 N–H and O–H groups in total. The van der Waals surface area contributed by atoms with E-state index in [1.165, 1.54) is 45.2 Å². The first-order valence-electron chi connectivity index (χ1n) is 10.6. The minimum atomic E-state index is 0. The van der Waals surface area contributed by atoms with Gasteiger partial charge in [-0.1, -0.05) is 12.5 Å². The summed E-state index contributed by atoms with van der Waals surface area (Å²) in [6.07, 6.45) is 8.49.